The molecule has 2 aromatic rings. The molecule has 2 aromatic carbocycles. The topological polar surface area (TPSA) is 50.4 Å². The lowest BCUT2D eigenvalue weighted by Crippen LogP contribution is -2.30. The van der Waals surface area contributed by atoms with Crippen LogP contribution >= 0.6 is 12.4 Å². The number of carbonyl (C=O) groups excluding carboxylic acids is 1. The van der Waals surface area contributed by atoms with E-state index in [0.717, 1.165) is 24.3 Å². The van der Waals surface area contributed by atoms with E-state index in [1.54, 1.807) is 0 Å². The number of nitrogens with one attached hydrogen (secondary N) is 2. The van der Waals surface area contributed by atoms with Crippen LogP contribution in [0.5, 0.6) is 5.75 Å². The Bertz CT molecular complexity index is 641. The summed E-state index contributed by atoms with van der Waals surface area (Å²) in [6.07, 6.45) is 3.44. The van der Waals surface area contributed by atoms with Gasteiger partial charge in [0.25, 0.3) is 5.91 Å². The molecule has 0 aromatic heterocycles. The van der Waals surface area contributed by atoms with E-state index in [1.165, 1.54) is 12.8 Å². The van der Waals surface area contributed by atoms with Crippen molar-refractivity contribution in [2.45, 2.75) is 31.9 Å². The molecular formula is C20H25ClN2O2. The molecule has 0 saturated carbocycles. The van der Waals surface area contributed by atoms with Crippen LogP contribution < -0.4 is 15.4 Å². The second kappa shape index (κ2) is 10.1. The molecule has 1 aliphatic rings. The van der Waals surface area contributed by atoms with E-state index in [2.05, 4.69) is 10.6 Å². The Morgan fingerprint density at radius 3 is 2.56 bits per heavy atom. The van der Waals surface area contributed by atoms with Gasteiger partial charge in [0.1, 0.15) is 12.4 Å². The van der Waals surface area contributed by atoms with Crippen LogP contribution in [0.15, 0.2) is 54.6 Å². The van der Waals surface area contributed by atoms with Crippen molar-refractivity contribution in [3.63, 3.8) is 0 Å². The Morgan fingerprint density at radius 1 is 1.12 bits per heavy atom. The number of hydrogen-bond acceptors (Lipinski definition) is 3. The average molecular weight is 361 g/mol. The molecule has 1 heterocycles. The number of carbonyl (C=O) groups is 1. The standard InChI is InChI=1S/C20H24N2O2.ClH/c23-20(22-14-12-18-7-4-13-21-18)17-8-10-19(11-9-17)24-15-16-5-2-1-3-6-16;/h1-3,5-6,8-11,18,21H,4,7,12-15H2,(H,22,23);1H/t18-;/m1./s1. The van der Waals surface area contributed by atoms with Crippen LogP contribution in [-0.2, 0) is 6.61 Å². The van der Waals surface area contributed by atoms with Gasteiger partial charge in [-0.3, -0.25) is 4.79 Å². The molecule has 5 heteroatoms. The predicted molar refractivity (Wildman–Crippen MR) is 102 cm³/mol. The molecule has 3 rings (SSSR count). The van der Waals surface area contributed by atoms with Crippen molar-refractivity contribution >= 4 is 18.3 Å². The van der Waals surface area contributed by atoms with Gasteiger partial charge in [-0.15, -0.1) is 12.4 Å². The van der Waals surface area contributed by atoms with Crippen LogP contribution in [-0.4, -0.2) is 25.0 Å². The molecule has 1 aliphatic heterocycles. The number of benzene rings is 2. The first-order valence-electron chi connectivity index (χ1n) is 8.59. The van der Waals surface area contributed by atoms with E-state index in [0.29, 0.717) is 24.8 Å². The van der Waals surface area contributed by atoms with Gasteiger partial charge in [0.15, 0.2) is 0 Å². The summed E-state index contributed by atoms with van der Waals surface area (Å²) in [4.78, 5) is 12.1. The summed E-state index contributed by atoms with van der Waals surface area (Å²) in [5.74, 6) is 0.744. The fourth-order valence-electron chi connectivity index (χ4n) is 2.91. The minimum Gasteiger partial charge on any atom is -0.489 e. The first-order chi connectivity index (χ1) is 11.8. The molecule has 25 heavy (non-hydrogen) atoms. The van der Waals surface area contributed by atoms with Crippen LogP contribution in [0, 0.1) is 0 Å². The zero-order valence-corrected chi connectivity index (χ0v) is 15.1. The van der Waals surface area contributed by atoms with Crippen LogP contribution in [0.1, 0.15) is 35.2 Å². The molecule has 0 radical (unpaired) electrons. The van der Waals surface area contributed by atoms with Gasteiger partial charge in [-0.05, 0) is 55.6 Å². The Morgan fingerprint density at radius 2 is 1.88 bits per heavy atom. The summed E-state index contributed by atoms with van der Waals surface area (Å²) in [5, 5.41) is 6.42. The van der Waals surface area contributed by atoms with Crippen molar-refractivity contribution in [1.29, 1.82) is 0 Å². The van der Waals surface area contributed by atoms with Gasteiger partial charge in [0.05, 0.1) is 0 Å². The maximum Gasteiger partial charge on any atom is 0.251 e. The molecule has 1 atom stereocenters. The molecule has 0 spiro atoms. The number of hydrogen-bond donors (Lipinski definition) is 2. The summed E-state index contributed by atoms with van der Waals surface area (Å²) in [7, 11) is 0. The van der Waals surface area contributed by atoms with Gasteiger partial charge in [-0.25, -0.2) is 0 Å². The van der Waals surface area contributed by atoms with Crippen LogP contribution in [0.25, 0.3) is 0 Å². The largest absolute Gasteiger partial charge is 0.489 e. The van der Waals surface area contributed by atoms with Gasteiger partial charge in [0, 0.05) is 18.2 Å². The summed E-state index contributed by atoms with van der Waals surface area (Å²) < 4.78 is 5.74. The Hall–Kier alpha value is -2.04. The minimum atomic E-state index is -0.0254. The van der Waals surface area contributed by atoms with Crippen molar-refractivity contribution in [2.24, 2.45) is 0 Å². The van der Waals surface area contributed by atoms with Crippen LogP contribution in [0.2, 0.25) is 0 Å². The average Bonchev–Trinajstić information content (AvgIpc) is 3.15. The van der Waals surface area contributed by atoms with Crippen molar-refractivity contribution in [3.8, 4) is 5.75 Å². The van der Waals surface area contributed by atoms with E-state index in [-0.39, 0.29) is 18.3 Å². The number of amides is 1. The molecule has 2 N–H and O–H groups in total. The maximum atomic E-state index is 12.1. The SMILES string of the molecule is Cl.O=C(NCC[C@H]1CCCN1)c1ccc(OCc2ccccc2)cc1. The molecule has 134 valence electrons. The van der Waals surface area contributed by atoms with Crippen molar-refractivity contribution < 1.29 is 9.53 Å². The summed E-state index contributed by atoms with van der Waals surface area (Å²) in [5.41, 5.74) is 1.79. The normalized spacial score (nSPS) is 16.1. The van der Waals surface area contributed by atoms with E-state index in [4.69, 9.17) is 4.74 Å². The summed E-state index contributed by atoms with van der Waals surface area (Å²) in [6, 6.07) is 17.9. The zero-order valence-electron chi connectivity index (χ0n) is 14.2. The van der Waals surface area contributed by atoms with Crippen molar-refractivity contribution in [1.82, 2.24) is 10.6 Å². The number of rotatable bonds is 7. The monoisotopic (exact) mass is 360 g/mol. The molecule has 1 fully saturated rings. The van der Waals surface area contributed by atoms with E-state index < -0.39 is 0 Å². The smallest absolute Gasteiger partial charge is 0.251 e. The lowest BCUT2D eigenvalue weighted by Gasteiger charge is -2.11. The Labute approximate surface area is 155 Å². The first-order valence-corrected chi connectivity index (χ1v) is 8.59. The summed E-state index contributed by atoms with van der Waals surface area (Å²) in [6.45, 7) is 2.34. The zero-order chi connectivity index (χ0) is 16.6. The van der Waals surface area contributed by atoms with Gasteiger partial charge < -0.3 is 15.4 Å². The molecule has 4 nitrogen and oxygen atoms in total. The fraction of sp³-hybridized carbons (Fsp3) is 0.350. The Kier molecular flexibility index (Phi) is 7.76. The molecule has 0 aliphatic carbocycles. The van der Waals surface area contributed by atoms with Crippen molar-refractivity contribution in [2.75, 3.05) is 13.1 Å². The van der Waals surface area contributed by atoms with E-state index >= 15 is 0 Å². The molecule has 1 saturated heterocycles. The highest BCUT2D eigenvalue weighted by Gasteiger charge is 2.14. The molecule has 0 bridgehead atoms. The summed E-state index contributed by atoms with van der Waals surface area (Å²) >= 11 is 0. The lowest BCUT2D eigenvalue weighted by molar-refractivity contribution is 0.0952. The number of ether oxygens (including phenoxy) is 1. The molecular weight excluding hydrogens is 336 g/mol. The van der Waals surface area contributed by atoms with E-state index in [1.807, 2.05) is 54.6 Å². The van der Waals surface area contributed by atoms with E-state index in [9.17, 15) is 4.79 Å². The maximum absolute atomic E-state index is 12.1. The number of halogens is 1. The lowest BCUT2D eigenvalue weighted by atomic mass is 10.1. The van der Waals surface area contributed by atoms with Gasteiger partial charge in [-0.1, -0.05) is 30.3 Å². The van der Waals surface area contributed by atoms with Gasteiger partial charge >= 0.3 is 0 Å². The third-order valence-electron chi connectivity index (χ3n) is 4.31. The highest BCUT2D eigenvalue weighted by Crippen LogP contribution is 2.14. The van der Waals surface area contributed by atoms with Gasteiger partial charge in [0.2, 0.25) is 0 Å². The third-order valence-corrected chi connectivity index (χ3v) is 4.31. The highest BCUT2D eigenvalue weighted by atomic mass is 35.5. The predicted octanol–water partition coefficient (Wildman–Crippen LogP) is 3.56. The van der Waals surface area contributed by atoms with Crippen LogP contribution in [0.4, 0.5) is 0 Å². The highest BCUT2D eigenvalue weighted by molar-refractivity contribution is 5.94. The second-order valence-corrected chi connectivity index (χ2v) is 6.14. The van der Waals surface area contributed by atoms with Crippen LogP contribution in [0.3, 0.4) is 0 Å². The van der Waals surface area contributed by atoms with Gasteiger partial charge in [-0.2, -0.15) is 0 Å². The van der Waals surface area contributed by atoms with Crippen molar-refractivity contribution in [3.05, 3.63) is 65.7 Å². The molecule has 1 amide bonds. The first kappa shape index (κ1) is 19.3. The fourth-order valence-corrected chi connectivity index (χ4v) is 2.91. The second-order valence-electron chi connectivity index (χ2n) is 6.14. The quantitative estimate of drug-likeness (QED) is 0.793. The Balaban J connectivity index is 0.00000225. The third kappa shape index (κ3) is 6.07. The molecule has 0 unspecified atom stereocenters. The minimum absolute atomic E-state index is 0.